The van der Waals surface area contributed by atoms with Crippen molar-refractivity contribution in [2.45, 2.75) is 6.54 Å². The van der Waals surface area contributed by atoms with Crippen molar-refractivity contribution < 1.29 is 8.81 Å². The fourth-order valence-corrected chi connectivity index (χ4v) is 1.86. The van der Waals surface area contributed by atoms with Crippen molar-refractivity contribution in [3.05, 3.63) is 60.3 Å². The van der Waals surface area contributed by atoms with Crippen LogP contribution in [0.5, 0.6) is 0 Å². The van der Waals surface area contributed by atoms with Gasteiger partial charge in [0.05, 0.1) is 6.54 Å². The van der Waals surface area contributed by atoms with Crippen LogP contribution in [0.3, 0.4) is 0 Å². The number of nitrogens with one attached hydrogen (secondary N) is 1. The first-order chi connectivity index (χ1) is 10.3. The van der Waals surface area contributed by atoms with E-state index in [0.29, 0.717) is 23.7 Å². The lowest BCUT2D eigenvalue weighted by atomic mass is 10.2. The van der Waals surface area contributed by atoms with Crippen LogP contribution in [0.15, 0.2) is 47.4 Å². The molecule has 0 radical (unpaired) electrons. The summed E-state index contributed by atoms with van der Waals surface area (Å²) in [5, 5.41) is 15.6. The van der Waals surface area contributed by atoms with Crippen LogP contribution in [0.4, 0.5) is 10.1 Å². The predicted octanol–water partition coefficient (Wildman–Crippen LogP) is 2.48. The second-order valence-corrected chi connectivity index (χ2v) is 4.24. The Morgan fingerprint density at radius 2 is 2.24 bits per heavy atom. The van der Waals surface area contributed by atoms with Gasteiger partial charge in [0.2, 0.25) is 5.76 Å². The minimum atomic E-state index is -0.414. The lowest BCUT2D eigenvalue weighted by Crippen LogP contribution is -2.02. The van der Waals surface area contributed by atoms with Gasteiger partial charge in [-0.3, -0.25) is 0 Å². The monoisotopic (exact) mass is 283 g/mol. The Labute approximate surface area is 119 Å². The van der Waals surface area contributed by atoms with Crippen LogP contribution in [0.25, 0.3) is 5.69 Å². The van der Waals surface area contributed by atoms with Gasteiger partial charge in [-0.05, 0) is 30.3 Å². The quantitative estimate of drug-likeness (QED) is 0.795. The van der Waals surface area contributed by atoms with E-state index in [1.165, 1.54) is 23.4 Å². The highest BCUT2D eigenvalue weighted by molar-refractivity contribution is 5.49. The molecule has 0 aliphatic carbocycles. The van der Waals surface area contributed by atoms with Gasteiger partial charge >= 0.3 is 0 Å². The molecule has 1 N–H and O–H groups in total. The van der Waals surface area contributed by atoms with Gasteiger partial charge in [-0.25, -0.2) is 14.1 Å². The molecule has 1 aromatic carbocycles. The van der Waals surface area contributed by atoms with Crippen molar-refractivity contribution in [3.63, 3.8) is 0 Å². The fourth-order valence-electron chi connectivity index (χ4n) is 1.86. The lowest BCUT2D eigenvalue weighted by molar-refractivity contribution is 0.506. The Hall–Kier alpha value is -3.14. The number of hydrogen-bond donors (Lipinski definition) is 1. The first-order valence-corrected chi connectivity index (χ1v) is 6.13. The standard InChI is InChI=1S/C14H10FN5O/c15-13-5-10(1-4-14(13)20-9-17-8-19-20)18-7-12-3-2-11(6-16)21-12/h1-5,8-9,18H,7H2. The molecule has 7 heteroatoms. The number of benzene rings is 1. The summed E-state index contributed by atoms with van der Waals surface area (Å²) >= 11 is 0. The molecule has 0 saturated heterocycles. The normalized spacial score (nSPS) is 10.3. The van der Waals surface area contributed by atoms with Crippen molar-refractivity contribution >= 4 is 5.69 Å². The van der Waals surface area contributed by atoms with Crippen molar-refractivity contribution in [2.75, 3.05) is 5.32 Å². The molecule has 3 rings (SSSR count). The molecule has 0 saturated carbocycles. The minimum absolute atomic E-state index is 0.250. The summed E-state index contributed by atoms with van der Waals surface area (Å²) in [6.07, 6.45) is 2.77. The summed E-state index contributed by atoms with van der Waals surface area (Å²) in [6, 6.07) is 9.90. The first kappa shape index (κ1) is 12.9. The van der Waals surface area contributed by atoms with Crippen LogP contribution in [0, 0.1) is 17.1 Å². The second kappa shape index (κ2) is 5.46. The molecule has 0 aliphatic rings. The van der Waals surface area contributed by atoms with Gasteiger partial charge in [-0.2, -0.15) is 10.4 Å². The smallest absolute Gasteiger partial charge is 0.203 e. The van der Waals surface area contributed by atoms with Gasteiger partial charge in [-0.15, -0.1) is 0 Å². The molecule has 2 heterocycles. The second-order valence-electron chi connectivity index (χ2n) is 4.24. The molecule has 6 nitrogen and oxygen atoms in total. The van der Waals surface area contributed by atoms with Crippen LogP contribution in [0.2, 0.25) is 0 Å². The Kier molecular flexibility index (Phi) is 3.35. The first-order valence-electron chi connectivity index (χ1n) is 6.13. The molecule has 0 fully saturated rings. The zero-order valence-electron chi connectivity index (χ0n) is 10.8. The summed E-state index contributed by atoms with van der Waals surface area (Å²) < 4.78 is 20.6. The molecule has 0 aliphatic heterocycles. The van der Waals surface area contributed by atoms with Crippen molar-refractivity contribution in [1.82, 2.24) is 14.8 Å². The molecular formula is C14H10FN5O. The van der Waals surface area contributed by atoms with Gasteiger partial charge in [0.15, 0.2) is 5.82 Å². The number of nitriles is 1. The molecule has 3 aromatic rings. The molecule has 0 amide bonds. The summed E-state index contributed by atoms with van der Waals surface area (Å²) in [7, 11) is 0. The van der Waals surface area contributed by atoms with E-state index in [9.17, 15) is 4.39 Å². The average Bonchev–Trinajstić information content (AvgIpc) is 3.16. The van der Waals surface area contributed by atoms with Crippen LogP contribution >= 0.6 is 0 Å². The third-order valence-electron chi connectivity index (χ3n) is 2.85. The van der Waals surface area contributed by atoms with E-state index in [-0.39, 0.29) is 5.76 Å². The number of rotatable bonds is 4. The van der Waals surface area contributed by atoms with Crippen molar-refractivity contribution in [2.24, 2.45) is 0 Å². The maximum atomic E-state index is 14.0. The number of halogens is 1. The number of aromatic nitrogens is 3. The number of nitrogens with zero attached hydrogens (tertiary/aromatic N) is 4. The van der Waals surface area contributed by atoms with Gasteiger partial charge in [0, 0.05) is 5.69 Å². The van der Waals surface area contributed by atoms with E-state index < -0.39 is 5.82 Å². The highest BCUT2D eigenvalue weighted by atomic mass is 19.1. The van der Waals surface area contributed by atoms with Crippen molar-refractivity contribution in [1.29, 1.82) is 5.26 Å². The van der Waals surface area contributed by atoms with Gasteiger partial charge < -0.3 is 9.73 Å². The molecule has 21 heavy (non-hydrogen) atoms. The summed E-state index contributed by atoms with van der Waals surface area (Å²) in [4.78, 5) is 3.78. The van der Waals surface area contributed by atoms with Gasteiger partial charge in [0.25, 0.3) is 0 Å². The largest absolute Gasteiger partial charge is 0.449 e. The SMILES string of the molecule is N#Cc1ccc(CNc2ccc(-n3cncn3)c(F)c2)o1. The van der Waals surface area contributed by atoms with Crippen LogP contribution < -0.4 is 5.32 Å². The Bertz CT molecular complexity index is 788. The Morgan fingerprint density at radius 1 is 1.33 bits per heavy atom. The van der Waals surface area contributed by atoms with Crippen molar-refractivity contribution in [3.8, 4) is 11.8 Å². The average molecular weight is 283 g/mol. The van der Waals surface area contributed by atoms with E-state index in [0.717, 1.165) is 0 Å². The zero-order chi connectivity index (χ0) is 14.7. The van der Waals surface area contributed by atoms with Crippen LogP contribution in [0.1, 0.15) is 11.5 Å². The highest BCUT2D eigenvalue weighted by Crippen LogP contribution is 2.18. The maximum Gasteiger partial charge on any atom is 0.203 e. The Morgan fingerprint density at radius 3 is 2.90 bits per heavy atom. The molecule has 2 aromatic heterocycles. The molecule has 0 atom stereocenters. The third kappa shape index (κ3) is 2.74. The Balaban J connectivity index is 1.72. The fraction of sp³-hybridized carbons (Fsp3) is 0.0714. The van der Waals surface area contributed by atoms with Crippen LogP contribution in [-0.2, 0) is 6.54 Å². The molecule has 0 unspecified atom stereocenters. The number of anilines is 1. The molecular weight excluding hydrogens is 273 g/mol. The lowest BCUT2D eigenvalue weighted by Gasteiger charge is -2.07. The molecule has 0 spiro atoms. The minimum Gasteiger partial charge on any atom is -0.449 e. The van der Waals surface area contributed by atoms with E-state index in [1.54, 1.807) is 24.3 Å². The van der Waals surface area contributed by atoms with Gasteiger partial charge in [0.1, 0.15) is 30.2 Å². The van der Waals surface area contributed by atoms with Gasteiger partial charge in [-0.1, -0.05) is 0 Å². The third-order valence-corrected chi connectivity index (χ3v) is 2.85. The summed E-state index contributed by atoms with van der Waals surface area (Å²) in [5.41, 5.74) is 0.925. The number of furan rings is 1. The summed E-state index contributed by atoms with van der Waals surface area (Å²) in [6.45, 7) is 0.365. The predicted molar refractivity (Wildman–Crippen MR) is 72.1 cm³/mol. The molecule has 0 bridgehead atoms. The topological polar surface area (TPSA) is 79.7 Å². The maximum absolute atomic E-state index is 14.0. The van der Waals surface area contributed by atoms with E-state index in [2.05, 4.69) is 15.4 Å². The van der Waals surface area contributed by atoms with E-state index >= 15 is 0 Å². The molecule has 104 valence electrons. The van der Waals surface area contributed by atoms with Crippen LogP contribution in [-0.4, -0.2) is 14.8 Å². The zero-order valence-corrected chi connectivity index (χ0v) is 10.8. The number of hydrogen-bond acceptors (Lipinski definition) is 5. The summed E-state index contributed by atoms with van der Waals surface area (Å²) in [5.74, 6) is 0.439. The van der Waals surface area contributed by atoms with E-state index in [1.807, 2.05) is 6.07 Å². The van der Waals surface area contributed by atoms with E-state index in [4.69, 9.17) is 9.68 Å². The highest BCUT2D eigenvalue weighted by Gasteiger charge is 2.07.